The van der Waals surface area contributed by atoms with Gasteiger partial charge in [0.1, 0.15) is 0 Å². The van der Waals surface area contributed by atoms with Gasteiger partial charge < -0.3 is 5.11 Å². The van der Waals surface area contributed by atoms with Crippen molar-refractivity contribution in [2.45, 2.75) is 25.8 Å². The molecule has 2 aliphatic heterocycles. The first kappa shape index (κ1) is 14.1. The summed E-state index contributed by atoms with van der Waals surface area (Å²) in [7, 11) is 0. The largest absolute Gasteiger partial charge is 0.465 e. The minimum Gasteiger partial charge on any atom is -0.465 e. The predicted octanol–water partition coefficient (Wildman–Crippen LogP) is 2.18. The quantitative estimate of drug-likeness (QED) is 0.906. The number of imide groups is 1. The van der Waals surface area contributed by atoms with Gasteiger partial charge >= 0.3 is 6.09 Å². The summed E-state index contributed by atoms with van der Waals surface area (Å²) in [5, 5.41) is 9.14. The molecule has 1 atom stereocenters. The summed E-state index contributed by atoms with van der Waals surface area (Å²) in [5.41, 5.74) is 0.749. The highest BCUT2D eigenvalue weighted by Crippen LogP contribution is 2.40. The van der Waals surface area contributed by atoms with Gasteiger partial charge in [0.05, 0.1) is 5.41 Å². The standard InChI is InChI=1S/C16H20N2O3/c19-14-16(7-4-9-18(14)15(20)21)8-10-17(12-16)11-13-5-2-1-3-6-13/h1-3,5-6H,4,7-12H2,(H,20,21). The van der Waals surface area contributed by atoms with E-state index in [9.17, 15) is 9.59 Å². The first-order chi connectivity index (χ1) is 10.1. The molecule has 0 radical (unpaired) electrons. The second kappa shape index (κ2) is 5.48. The van der Waals surface area contributed by atoms with Crippen molar-refractivity contribution < 1.29 is 14.7 Å². The Bertz CT molecular complexity index is 546. The number of benzene rings is 1. The lowest BCUT2D eigenvalue weighted by atomic mass is 9.78. The topological polar surface area (TPSA) is 60.9 Å². The van der Waals surface area contributed by atoms with Crippen LogP contribution < -0.4 is 0 Å². The number of amides is 2. The van der Waals surface area contributed by atoms with Crippen LogP contribution in [0.3, 0.4) is 0 Å². The van der Waals surface area contributed by atoms with Crippen molar-refractivity contribution in [3.8, 4) is 0 Å². The van der Waals surface area contributed by atoms with E-state index in [1.807, 2.05) is 18.2 Å². The number of likely N-dealkylation sites (tertiary alicyclic amines) is 2. The Hall–Kier alpha value is -1.88. The van der Waals surface area contributed by atoms with Crippen LogP contribution in [0.1, 0.15) is 24.8 Å². The molecule has 1 spiro atoms. The van der Waals surface area contributed by atoms with Crippen LogP contribution in [0.5, 0.6) is 0 Å². The molecule has 5 nitrogen and oxygen atoms in total. The highest BCUT2D eigenvalue weighted by atomic mass is 16.4. The van der Waals surface area contributed by atoms with Crippen molar-refractivity contribution in [1.29, 1.82) is 0 Å². The molecule has 0 bridgehead atoms. The van der Waals surface area contributed by atoms with Gasteiger partial charge in [-0.3, -0.25) is 9.69 Å². The molecule has 0 saturated carbocycles. The van der Waals surface area contributed by atoms with Crippen LogP contribution in [0.25, 0.3) is 0 Å². The zero-order chi connectivity index (χ0) is 14.9. The Morgan fingerprint density at radius 3 is 2.67 bits per heavy atom. The molecule has 3 rings (SSSR count). The monoisotopic (exact) mass is 288 g/mol. The van der Waals surface area contributed by atoms with Crippen molar-refractivity contribution in [3.05, 3.63) is 35.9 Å². The smallest absolute Gasteiger partial charge is 0.414 e. The normalized spacial score (nSPS) is 26.5. The molecule has 1 N–H and O–H groups in total. The summed E-state index contributed by atoms with van der Waals surface area (Å²) in [4.78, 5) is 26.9. The lowest BCUT2D eigenvalue weighted by Crippen LogP contribution is -2.51. The van der Waals surface area contributed by atoms with E-state index in [1.165, 1.54) is 5.56 Å². The van der Waals surface area contributed by atoms with Crippen molar-refractivity contribution in [2.75, 3.05) is 19.6 Å². The van der Waals surface area contributed by atoms with Gasteiger partial charge in [-0.15, -0.1) is 0 Å². The van der Waals surface area contributed by atoms with Crippen molar-refractivity contribution in [3.63, 3.8) is 0 Å². The van der Waals surface area contributed by atoms with Gasteiger partial charge in [0.2, 0.25) is 5.91 Å². The molecule has 0 aliphatic carbocycles. The lowest BCUT2D eigenvalue weighted by Gasteiger charge is -2.36. The Balaban J connectivity index is 1.70. The average molecular weight is 288 g/mol. The van der Waals surface area contributed by atoms with E-state index in [0.29, 0.717) is 13.1 Å². The minimum absolute atomic E-state index is 0.197. The van der Waals surface area contributed by atoms with E-state index >= 15 is 0 Å². The molecule has 2 heterocycles. The Kier molecular flexibility index (Phi) is 3.68. The number of carboxylic acid groups (broad SMARTS) is 1. The van der Waals surface area contributed by atoms with E-state index in [0.717, 1.165) is 37.3 Å². The first-order valence-corrected chi connectivity index (χ1v) is 7.42. The van der Waals surface area contributed by atoms with E-state index < -0.39 is 11.5 Å². The molecule has 5 heteroatoms. The molecular formula is C16H20N2O3. The molecule has 1 unspecified atom stereocenters. The average Bonchev–Trinajstić information content (AvgIpc) is 2.87. The molecule has 0 aromatic heterocycles. The zero-order valence-corrected chi connectivity index (χ0v) is 12.0. The number of nitrogens with zero attached hydrogens (tertiary/aromatic N) is 2. The first-order valence-electron chi connectivity index (χ1n) is 7.42. The van der Waals surface area contributed by atoms with Crippen LogP contribution in [0.15, 0.2) is 30.3 Å². The van der Waals surface area contributed by atoms with Gasteiger partial charge in [-0.2, -0.15) is 0 Å². The maximum Gasteiger partial charge on any atom is 0.414 e. The van der Waals surface area contributed by atoms with Gasteiger partial charge in [-0.25, -0.2) is 9.69 Å². The van der Waals surface area contributed by atoms with Crippen molar-refractivity contribution >= 4 is 12.0 Å². The fourth-order valence-electron chi connectivity index (χ4n) is 3.57. The van der Waals surface area contributed by atoms with Gasteiger partial charge in [0.25, 0.3) is 0 Å². The lowest BCUT2D eigenvalue weighted by molar-refractivity contribution is -0.142. The molecular weight excluding hydrogens is 268 g/mol. The van der Waals surface area contributed by atoms with Gasteiger partial charge in [-0.1, -0.05) is 30.3 Å². The van der Waals surface area contributed by atoms with Gasteiger partial charge in [-0.05, 0) is 31.4 Å². The molecule has 21 heavy (non-hydrogen) atoms. The van der Waals surface area contributed by atoms with Crippen molar-refractivity contribution in [2.24, 2.45) is 5.41 Å². The maximum absolute atomic E-state index is 12.5. The van der Waals surface area contributed by atoms with E-state index in [1.54, 1.807) is 0 Å². The summed E-state index contributed by atoms with van der Waals surface area (Å²) in [6.45, 7) is 2.69. The minimum atomic E-state index is -1.11. The molecule has 1 aromatic carbocycles. The van der Waals surface area contributed by atoms with Crippen LogP contribution in [-0.2, 0) is 11.3 Å². The third-order valence-corrected chi connectivity index (χ3v) is 4.65. The third kappa shape index (κ3) is 2.65. The van der Waals surface area contributed by atoms with Crippen LogP contribution in [0.4, 0.5) is 4.79 Å². The molecule has 2 aliphatic rings. The van der Waals surface area contributed by atoms with Gasteiger partial charge in [0.15, 0.2) is 0 Å². The third-order valence-electron chi connectivity index (χ3n) is 4.65. The summed E-state index contributed by atoms with van der Waals surface area (Å²) in [6, 6.07) is 10.2. The van der Waals surface area contributed by atoms with Crippen LogP contribution in [0.2, 0.25) is 0 Å². The molecule has 2 amide bonds. The summed E-state index contributed by atoms with van der Waals surface area (Å²) >= 11 is 0. The number of hydrogen-bond donors (Lipinski definition) is 1. The highest BCUT2D eigenvalue weighted by Gasteiger charge is 2.49. The van der Waals surface area contributed by atoms with Crippen LogP contribution in [0, 0.1) is 5.41 Å². The number of carbonyl (C=O) groups is 2. The van der Waals surface area contributed by atoms with E-state index in [-0.39, 0.29) is 5.91 Å². The second-order valence-electron chi connectivity index (χ2n) is 6.07. The fraction of sp³-hybridized carbons (Fsp3) is 0.500. The Morgan fingerprint density at radius 1 is 1.19 bits per heavy atom. The summed E-state index contributed by atoms with van der Waals surface area (Å²) in [6.07, 6.45) is 1.24. The van der Waals surface area contributed by atoms with Crippen molar-refractivity contribution in [1.82, 2.24) is 9.80 Å². The molecule has 112 valence electrons. The Labute approximate surface area is 124 Å². The number of carbonyl (C=O) groups excluding carboxylic acids is 1. The summed E-state index contributed by atoms with van der Waals surface area (Å²) in [5.74, 6) is -0.197. The van der Waals surface area contributed by atoms with Crippen LogP contribution in [-0.4, -0.2) is 46.5 Å². The fourth-order valence-corrected chi connectivity index (χ4v) is 3.57. The molecule has 1 aromatic rings. The predicted molar refractivity (Wildman–Crippen MR) is 77.7 cm³/mol. The van der Waals surface area contributed by atoms with E-state index in [4.69, 9.17) is 5.11 Å². The molecule has 2 fully saturated rings. The van der Waals surface area contributed by atoms with Crippen LogP contribution >= 0.6 is 0 Å². The second-order valence-corrected chi connectivity index (χ2v) is 6.07. The SMILES string of the molecule is O=C(O)N1CCCC2(CCN(Cc3ccccc3)C2)C1=O. The number of rotatable bonds is 2. The zero-order valence-electron chi connectivity index (χ0n) is 12.0. The van der Waals surface area contributed by atoms with E-state index in [2.05, 4.69) is 17.0 Å². The Morgan fingerprint density at radius 2 is 1.95 bits per heavy atom. The summed E-state index contributed by atoms with van der Waals surface area (Å²) < 4.78 is 0. The van der Waals surface area contributed by atoms with Gasteiger partial charge in [0, 0.05) is 19.6 Å². The highest BCUT2D eigenvalue weighted by molar-refractivity contribution is 5.95. The maximum atomic E-state index is 12.5. The number of hydrogen-bond acceptors (Lipinski definition) is 3. The molecule has 2 saturated heterocycles. The number of piperidine rings is 1.